The van der Waals surface area contributed by atoms with Crippen molar-refractivity contribution in [2.45, 2.75) is 59.0 Å². The van der Waals surface area contributed by atoms with Crippen LogP contribution in [0, 0.1) is 17.8 Å². The van der Waals surface area contributed by atoms with Crippen LogP contribution in [0.4, 0.5) is 0 Å². The molecule has 0 bridgehead atoms. The number of hydrogen-bond donors (Lipinski definition) is 2. The molecule has 0 heterocycles. The average Bonchev–Trinajstić information content (AvgIpc) is 2.79. The Kier molecular flexibility index (Phi) is 10.6. The van der Waals surface area contributed by atoms with Crippen molar-refractivity contribution in [1.82, 2.24) is 0 Å². The van der Waals surface area contributed by atoms with Crippen molar-refractivity contribution < 1.29 is 34.1 Å². The first-order valence-corrected chi connectivity index (χ1v) is 11.6. The minimum absolute atomic E-state index is 0.0261. The van der Waals surface area contributed by atoms with E-state index < -0.39 is 11.9 Å². The molecule has 0 saturated heterocycles. The zero-order chi connectivity index (χ0) is 25.1. The highest BCUT2D eigenvalue weighted by Gasteiger charge is 2.33. The lowest BCUT2D eigenvalue weighted by Crippen LogP contribution is -2.36. The predicted molar refractivity (Wildman–Crippen MR) is 128 cm³/mol. The number of phenols is 1. The SMILES string of the molecule is CC1CCC(C(C)C)C(OC(=O)CCC(=O)Oc2ccc(C(=O)O)cc2)C1.Oc1ccccc1. The number of aromatic carboxylic acids is 1. The first kappa shape index (κ1) is 26.9. The van der Waals surface area contributed by atoms with E-state index in [0.29, 0.717) is 23.5 Å². The van der Waals surface area contributed by atoms with Crippen LogP contribution in [0.3, 0.4) is 0 Å². The van der Waals surface area contributed by atoms with Gasteiger partial charge in [0.25, 0.3) is 0 Å². The molecule has 34 heavy (non-hydrogen) atoms. The summed E-state index contributed by atoms with van der Waals surface area (Å²) in [4.78, 5) is 34.9. The third kappa shape index (κ3) is 9.25. The van der Waals surface area contributed by atoms with Gasteiger partial charge in [-0.3, -0.25) is 9.59 Å². The Hall–Kier alpha value is -3.35. The van der Waals surface area contributed by atoms with Gasteiger partial charge in [0.1, 0.15) is 17.6 Å². The van der Waals surface area contributed by atoms with Crippen molar-refractivity contribution >= 4 is 17.9 Å². The van der Waals surface area contributed by atoms with E-state index in [-0.39, 0.29) is 36.2 Å². The number of carbonyl (C=O) groups excluding carboxylic acids is 2. The van der Waals surface area contributed by atoms with Gasteiger partial charge < -0.3 is 19.7 Å². The summed E-state index contributed by atoms with van der Waals surface area (Å²) in [6, 6.07) is 14.3. The Balaban J connectivity index is 0.000000497. The zero-order valence-corrected chi connectivity index (χ0v) is 20.0. The summed E-state index contributed by atoms with van der Waals surface area (Å²) in [7, 11) is 0. The Morgan fingerprint density at radius 3 is 2.09 bits per heavy atom. The number of aromatic hydroxyl groups is 1. The highest BCUT2D eigenvalue weighted by molar-refractivity contribution is 5.87. The standard InChI is InChI=1S/C21H28O6.C6H6O/c1-13(2)17-9-4-14(3)12-18(17)27-20(23)11-10-19(22)26-16-7-5-15(6-8-16)21(24)25;7-6-4-2-1-3-5-6/h5-8,13-14,17-18H,4,9-12H2,1-3H3,(H,24,25);1-5,7H. The van der Waals surface area contributed by atoms with Crippen LogP contribution < -0.4 is 4.74 Å². The average molecular weight is 471 g/mol. The zero-order valence-electron chi connectivity index (χ0n) is 20.0. The van der Waals surface area contributed by atoms with Gasteiger partial charge in [0.15, 0.2) is 0 Å². The Morgan fingerprint density at radius 2 is 1.56 bits per heavy atom. The molecule has 3 rings (SSSR count). The molecule has 1 aliphatic carbocycles. The molecule has 7 heteroatoms. The molecular weight excluding hydrogens is 436 g/mol. The van der Waals surface area contributed by atoms with Gasteiger partial charge in [0.2, 0.25) is 0 Å². The van der Waals surface area contributed by atoms with Crippen molar-refractivity contribution in [3.05, 3.63) is 60.2 Å². The molecule has 1 aliphatic rings. The highest BCUT2D eigenvalue weighted by atomic mass is 16.5. The van der Waals surface area contributed by atoms with Crippen molar-refractivity contribution in [2.75, 3.05) is 0 Å². The van der Waals surface area contributed by atoms with Crippen molar-refractivity contribution in [1.29, 1.82) is 0 Å². The van der Waals surface area contributed by atoms with E-state index in [1.54, 1.807) is 24.3 Å². The minimum atomic E-state index is -1.05. The fourth-order valence-corrected chi connectivity index (χ4v) is 3.96. The van der Waals surface area contributed by atoms with E-state index >= 15 is 0 Å². The smallest absolute Gasteiger partial charge is 0.335 e. The third-order valence-corrected chi connectivity index (χ3v) is 5.87. The maximum atomic E-state index is 12.2. The molecule has 2 aromatic rings. The van der Waals surface area contributed by atoms with E-state index in [9.17, 15) is 14.4 Å². The largest absolute Gasteiger partial charge is 0.508 e. The fraction of sp³-hybridized carbons (Fsp3) is 0.444. The maximum absolute atomic E-state index is 12.2. The van der Waals surface area contributed by atoms with Crippen LogP contribution >= 0.6 is 0 Å². The molecule has 1 fully saturated rings. The molecule has 0 spiro atoms. The number of carboxylic acid groups (broad SMARTS) is 1. The summed E-state index contributed by atoms with van der Waals surface area (Å²) in [5.41, 5.74) is 0.111. The summed E-state index contributed by atoms with van der Waals surface area (Å²) in [5, 5.41) is 17.5. The monoisotopic (exact) mass is 470 g/mol. The molecule has 2 N–H and O–H groups in total. The van der Waals surface area contributed by atoms with E-state index in [1.807, 2.05) is 6.07 Å². The molecule has 1 saturated carbocycles. The molecule has 184 valence electrons. The van der Waals surface area contributed by atoms with Gasteiger partial charge in [0, 0.05) is 0 Å². The van der Waals surface area contributed by atoms with E-state index in [0.717, 1.165) is 19.3 Å². The normalized spacial score (nSPS) is 19.5. The Morgan fingerprint density at radius 1 is 0.941 bits per heavy atom. The number of carbonyl (C=O) groups is 3. The van der Waals surface area contributed by atoms with Crippen molar-refractivity contribution in [3.63, 3.8) is 0 Å². The molecule has 0 aromatic heterocycles. The number of ether oxygens (including phenoxy) is 2. The molecule has 7 nitrogen and oxygen atoms in total. The van der Waals surface area contributed by atoms with Crippen LogP contribution in [0.5, 0.6) is 11.5 Å². The van der Waals surface area contributed by atoms with Gasteiger partial charge in [-0.2, -0.15) is 0 Å². The second kappa shape index (κ2) is 13.4. The first-order chi connectivity index (χ1) is 16.2. The molecular formula is C27H34O7. The minimum Gasteiger partial charge on any atom is -0.508 e. The molecule has 3 unspecified atom stereocenters. The molecule has 0 radical (unpaired) electrons. The summed E-state index contributed by atoms with van der Waals surface area (Å²) in [6.07, 6.45) is 2.90. The lowest BCUT2D eigenvalue weighted by molar-refractivity contribution is -0.157. The topological polar surface area (TPSA) is 110 Å². The van der Waals surface area contributed by atoms with Crippen LogP contribution in [0.1, 0.15) is 63.2 Å². The summed E-state index contributed by atoms with van der Waals surface area (Å²) < 4.78 is 10.8. The fourth-order valence-electron chi connectivity index (χ4n) is 3.96. The number of benzene rings is 2. The highest BCUT2D eigenvalue weighted by Crippen LogP contribution is 2.35. The molecule has 3 atom stereocenters. The molecule has 2 aromatic carbocycles. The number of para-hydroxylation sites is 1. The first-order valence-electron chi connectivity index (χ1n) is 11.6. The van der Waals surface area contributed by atoms with Gasteiger partial charge in [-0.1, -0.05) is 45.4 Å². The number of esters is 2. The van der Waals surface area contributed by atoms with Crippen molar-refractivity contribution in [3.8, 4) is 11.5 Å². The van der Waals surface area contributed by atoms with Gasteiger partial charge in [0.05, 0.1) is 18.4 Å². The summed E-state index contributed by atoms with van der Waals surface area (Å²) >= 11 is 0. The van der Waals surface area contributed by atoms with Crippen LogP contribution in [-0.4, -0.2) is 34.2 Å². The van der Waals surface area contributed by atoms with Crippen LogP contribution in [0.2, 0.25) is 0 Å². The second-order valence-electron chi connectivity index (χ2n) is 8.99. The number of phenolic OH excluding ortho intramolecular Hbond substituents is 1. The molecule has 0 aliphatic heterocycles. The van der Waals surface area contributed by atoms with Gasteiger partial charge in [-0.25, -0.2) is 4.79 Å². The Bertz CT molecular complexity index is 922. The van der Waals surface area contributed by atoms with Crippen molar-refractivity contribution in [2.24, 2.45) is 17.8 Å². The van der Waals surface area contributed by atoms with Gasteiger partial charge >= 0.3 is 17.9 Å². The van der Waals surface area contributed by atoms with Crippen LogP contribution in [0.25, 0.3) is 0 Å². The van der Waals surface area contributed by atoms with Crippen LogP contribution in [0.15, 0.2) is 54.6 Å². The van der Waals surface area contributed by atoms with E-state index in [1.165, 1.54) is 24.3 Å². The number of hydrogen-bond acceptors (Lipinski definition) is 6. The van der Waals surface area contributed by atoms with Gasteiger partial charge in [-0.05, 0) is 67.0 Å². The van der Waals surface area contributed by atoms with E-state index in [4.69, 9.17) is 19.7 Å². The predicted octanol–water partition coefficient (Wildman–Crippen LogP) is 5.47. The maximum Gasteiger partial charge on any atom is 0.335 e. The Labute approximate surface area is 200 Å². The van der Waals surface area contributed by atoms with Crippen LogP contribution in [-0.2, 0) is 14.3 Å². The third-order valence-electron chi connectivity index (χ3n) is 5.87. The quantitative estimate of drug-likeness (QED) is 0.408. The summed E-state index contributed by atoms with van der Waals surface area (Å²) in [6.45, 7) is 6.47. The lowest BCUT2D eigenvalue weighted by Gasteiger charge is -2.36. The molecule has 0 amide bonds. The van der Waals surface area contributed by atoms with E-state index in [2.05, 4.69) is 20.8 Å². The lowest BCUT2D eigenvalue weighted by atomic mass is 9.75. The summed E-state index contributed by atoms with van der Waals surface area (Å²) in [5.74, 6) is -0.0463. The number of carboxylic acids is 1. The van der Waals surface area contributed by atoms with Gasteiger partial charge in [-0.15, -0.1) is 0 Å². The number of rotatable bonds is 7. The second-order valence-corrected chi connectivity index (χ2v) is 8.99.